The van der Waals surface area contributed by atoms with Crippen LogP contribution in [0.25, 0.3) is 0 Å². The van der Waals surface area contributed by atoms with E-state index in [9.17, 15) is 14.4 Å². The summed E-state index contributed by atoms with van der Waals surface area (Å²) in [4.78, 5) is 38.4. The largest absolute Gasteiger partial charge is 0.490 e. The number of hydrogen-bond acceptors (Lipinski definition) is 4. The molecule has 0 radical (unpaired) electrons. The van der Waals surface area contributed by atoms with Crippen LogP contribution in [0, 0.1) is 22.2 Å². The first-order chi connectivity index (χ1) is 18.5. The Hall–Kier alpha value is -2.86. The molecule has 0 saturated heterocycles. The normalized spacial score (nSPS) is 13.8. The number of nitrogens with one attached hydrogen (secondary N) is 2. The van der Waals surface area contributed by atoms with Gasteiger partial charge in [0, 0.05) is 22.4 Å². The fourth-order valence-corrected chi connectivity index (χ4v) is 4.42. The van der Waals surface area contributed by atoms with Crippen molar-refractivity contribution in [2.24, 2.45) is 22.2 Å². The van der Waals surface area contributed by atoms with E-state index in [0.717, 1.165) is 18.6 Å². The van der Waals surface area contributed by atoms with E-state index >= 15 is 0 Å². The molecule has 0 aliphatic rings. The van der Waals surface area contributed by atoms with Crippen molar-refractivity contribution >= 4 is 40.6 Å². The molecule has 0 aliphatic carbocycles. The van der Waals surface area contributed by atoms with Gasteiger partial charge in [-0.25, -0.2) is 0 Å². The SMILES string of the molecule is CCC(C)(C)C(CC(C(=O)Nc1ccc(NC(=O)CC(=O)C(C)(C)C)c(Cl)c1)C(C)(C)CC)Oc1ccccc1. The molecule has 2 N–H and O–H groups in total. The number of amides is 2. The highest BCUT2D eigenvalue weighted by molar-refractivity contribution is 6.34. The first-order valence-corrected chi connectivity index (χ1v) is 14.5. The molecule has 2 amide bonds. The molecule has 2 rings (SSSR count). The van der Waals surface area contributed by atoms with Gasteiger partial charge in [0.15, 0.2) is 0 Å². The Kier molecular flexibility index (Phi) is 11.4. The second-order valence-electron chi connectivity index (χ2n) is 13.0. The predicted octanol–water partition coefficient (Wildman–Crippen LogP) is 8.55. The standard InChI is InChI=1S/C33H47ClN2O4/c1-10-32(6,7)24(20-28(33(8,9)11-2)40-23-15-13-12-14-16-23)30(39)35-22-17-18-26(25(34)19-22)36-29(38)21-27(37)31(3,4)5/h12-19,24,28H,10-11,20-21H2,1-9H3,(H,35,39)(H,36,38). The lowest BCUT2D eigenvalue weighted by Crippen LogP contribution is -2.43. The van der Waals surface area contributed by atoms with Crippen LogP contribution < -0.4 is 15.4 Å². The molecule has 40 heavy (non-hydrogen) atoms. The number of carbonyl (C=O) groups is 3. The molecule has 2 aromatic rings. The van der Waals surface area contributed by atoms with Crippen molar-refractivity contribution in [2.45, 2.75) is 94.1 Å². The van der Waals surface area contributed by atoms with Gasteiger partial charge in [-0.15, -0.1) is 0 Å². The van der Waals surface area contributed by atoms with Crippen LogP contribution in [0.2, 0.25) is 5.02 Å². The fourth-order valence-electron chi connectivity index (χ4n) is 4.19. The molecule has 0 spiro atoms. The number of ketones is 1. The minimum absolute atomic E-state index is 0.107. The Morgan fingerprint density at radius 2 is 1.45 bits per heavy atom. The molecule has 0 fully saturated rings. The van der Waals surface area contributed by atoms with E-state index in [4.69, 9.17) is 16.3 Å². The molecular weight excluding hydrogens is 524 g/mol. The molecule has 6 nitrogen and oxygen atoms in total. The predicted molar refractivity (Wildman–Crippen MR) is 165 cm³/mol. The molecule has 2 aromatic carbocycles. The Bertz CT molecular complexity index is 1170. The van der Waals surface area contributed by atoms with E-state index < -0.39 is 11.3 Å². The molecule has 2 atom stereocenters. The van der Waals surface area contributed by atoms with Crippen molar-refractivity contribution in [1.29, 1.82) is 0 Å². The lowest BCUT2D eigenvalue weighted by atomic mass is 9.69. The van der Waals surface area contributed by atoms with Crippen LogP contribution in [0.3, 0.4) is 0 Å². The molecule has 0 saturated carbocycles. The number of Topliss-reactive ketones (excluding diaryl/α,β-unsaturated/α-hetero) is 1. The second-order valence-corrected chi connectivity index (χ2v) is 13.4. The summed E-state index contributed by atoms with van der Waals surface area (Å²) in [7, 11) is 0. The number of ether oxygens (including phenoxy) is 1. The molecule has 0 heterocycles. The van der Waals surface area contributed by atoms with Crippen molar-refractivity contribution < 1.29 is 19.1 Å². The van der Waals surface area contributed by atoms with E-state index in [0.29, 0.717) is 17.8 Å². The van der Waals surface area contributed by atoms with Crippen LogP contribution in [-0.4, -0.2) is 23.7 Å². The lowest BCUT2D eigenvalue weighted by molar-refractivity contribution is -0.130. The topological polar surface area (TPSA) is 84.5 Å². The van der Waals surface area contributed by atoms with Crippen molar-refractivity contribution in [3.8, 4) is 5.75 Å². The highest BCUT2D eigenvalue weighted by atomic mass is 35.5. The van der Waals surface area contributed by atoms with Gasteiger partial charge in [-0.05, 0) is 48.6 Å². The number of hydrogen-bond donors (Lipinski definition) is 2. The summed E-state index contributed by atoms with van der Waals surface area (Å²) in [5, 5.41) is 6.03. The van der Waals surface area contributed by atoms with E-state index in [-0.39, 0.29) is 46.0 Å². The van der Waals surface area contributed by atoms with Crippen LogP contribution in [0.4, 0.5) is 11.4 Å². The zero-order chi connectivity index (χ0) is 30.3. The smallest absolute Gasteiger partial charge is 0.231 e. The molecule has 0 aliphatic heterocycles. The van der Waals surface area contributed by atoms with Crippen molar-refractivity contribution in [1.82, 2.24) is 0 Å². The Balaban J connectivity index is 2.24. The highest BCUT2D eigenvalue weighted by Gasteiger charge is 2.40. The fraction of sp³-hybridized carbons (Fsp3) is 0.545. The van der Waals surface area contributed by atoms with Crippen molar-refractivity contribution in [3.05, 3.63) is 53.6 Å². The Morgan fingerprint density at radius 1 is 0.850 bits per heavy atom. The van der Waals surface area contributed by atoms with E-state index in [2.05, 4.69) is 52.2 Å². The maximum absolute atomic E-state index is 13.8. The van der Waals surface area contributed by atoms with Gasteiger partial charge < -0.3 is 15.4 Å². The average Bonchev–Trinajstić information content (AvgIpc) is 2.87. The minimum Gasteiger partial charge on any atom is -0.490 e. The monoisotopic (exact) mass is 570 g/mol. The maximum Gasteiger partial charge on any atom is 0.231 e. The minimum atomic E-state index is -0.602. The van der Waals surface area contributed by atoms with Gasteiger partial charge in [0.25, 0.3) is 0 Å². The summed E-state index contributed by atoms with van der Waals surface area (Å²) < 4.78 is 6.50. The quantitative estimate of drug-likeness (QED) is 0.236. The summed E-state index contributed by atoms with van der Waals surface area (Å²) in [6.45, 7) is 18.1. The Labute approximate surface area is 245 Å². The van der Waals surface area contributed by atoms with Crippen LogP contribution in [0.15, 0.2) is 48.5 Å². The van der Waals surface area contributed by atoms with E-state index in [1.807, 2.05) is 30.3 Å². The van der Waals surface area contributed by atoms with Gasteiger partial charge in [-0.1, -0.05) is 98.5 Å². The third-order valence-corrected chi connectivity index (χ3v) is 8.41. The third-order valence-electron chi connectivity index (χ3n) is 8.09. The molecule has 0 aromatic heterocycles. The molecular formula is C33H47ClN2O4. The highest BCUT2D eigenvalue weighted by Crippen LogP contribution is 2.40. The summed E-state index contributed by atoms with van der Waals surface area (Å²) in [6, 6.07) is 14.7. The summed E-state index contributed by atoms with van der Waals surface area (Å²) >= 11 is 6.46. The number of anilines is 2. The average molecular weight is 571 g/mol. The van der Waals surface area contributed by atoms with E-state index in [1.165, 1.54) is 0 Å². The molecule has 220 valence electrons. The number of rotatable bonds is 13. The van der Waals surface area contributed by atoms with Gasteiger partial charge in [0.1, 0.15) is 17.6 Å². The molecule has 0 bridgehead atoms. The van der Waals surface area contributed by atoms with Gasteiger partial charge in [-0.3, -0.25) is 14.4 Å². The number of para-hydroxylation sites is 1. The zero-order valence-electron chi connectivity index (χ0n) is 25.6. The molecule has 2 unspecified atom stereocenters. The van der Waals surface area contributed by atoms with Gasteiger partial charge in [0.2, 0.25) is 11.8 Å². The maximum atomic E-state index is 13.8. The van der Waals surface area contributed by atoms with Crippen molar-refractivity contribution in [3.63, 3.8) is 0 Å². The van der Waals surface area contributed by atoms with Gasteiger partial charge in [0.05, 0.1) is 17.1 Å². The van der Waals surface area contributed by atoms with Crippen LogP contribution in [0.1, 0.15) is 88.0 Å². The lowest BCUT2D eigenvalue weighted by Gasteiger charge is -2.40. The van der Waals surface area contributed by atoms with Crippen molar-refractivity contribution in [2.75, 3.05) is 10.6 Å². The summed E-state index contributed by atoms with van der Waals surface area (Å²) in [5.74, 6) is -0.236. The van der Waals surface area contributed by atoms with Crippen LogP contribution >= 0.6 is 11.6 Å². The second kappa shape index (κ2) is 13.7. The Morgan fingerprint density at radius 3 is 1.98 bits per heavy atom. The first-order valence-electron chi connectivity index (χ1n) is 14.2. The van der Waals surface area contributed by atoms with Crippen LogP contribution in [0.5, 0.6) is 5.75 Å². The van der Waals surface area contributed by atoms with Crippen LogP contribution in [-0.2, 0) is 14.4 Å². The number of carbonyl (C=O) groups excluding carboxylic acids is 3. The third kappa shape index (κ3) is 9.36. The zero-order valence-corrected chi connectivity index (χ0v) is 26.4. The van der Waals surface area contributed by atoms with Gasteiger partial charge >= 0.3 is 0 Å². The summed E-state index contributed by atoms with van der Waals surface area (Å²) in [5.41, 5.74) is -0.127. The summed E-state index contributed by atoms with van der Waals surface area (Å²) in [6.07, 6.45) is 1.85. The first kappa shape index (κ1) is 33.3. The van der Waals surface area contributed by atoms with Gasteiger partial charge in [-0.2, -0.15) is 0 Å². The molecule has 7 heteroatoms. The van der Waals surface area contributed by atoms with E-state index in [1.54, 1.807) is 39.0 Å². The number of benzene rings is 2. The number of halogens is 1.